The lowest BCUT2D eigenvalue weighted by atomic mass is 9.76. The van der Waals surface area contributed by atoms with Gasteiger partial charge in [-0.2, -0.15) is 0 Å². The predicted octanol–water partition coefficient (Wildman–Crippen LogP) is 2.40. The lowest BCUT2D eigenvalue weighted by Gasteiger charge is -2.36. The molecule has 1 aromatic rings. The van der Waals surface area contributed by atoms with Gasteiger partial charge in [-0.05, 0) is 45.1 Å². The van der Waals surface area contributed by atoms with Crippen molar-refractivity contribution in [3.05, 3.63) is 28.8 Å². The van der Waals surface area contributed by atoms with E-state index < -0.39 is 5.41 Å². The van der Waals surface area contributed by atoms with Crippen molar-refractivity contribution in [3.63, 3.8) is 0 Å². The van der Waals surface area contributed by atoms with Gasteiger partial charge < -0.3 is 19.9 Å². The van der Waals surface area contributed by atoms with Crippen molar-refractivity contribution in [1.29, 1.82) is 0 Å². The van der Waals surface area contributed by atoms with Gasteiger partial charge >= 0.3 is 5.97 Å². The van der Waals surface area contributed by atoms with Crippen LogP contribution in [0, 0.1) is 5.41 Å². The van der Waals surface area contributed by atoms with Crippen LogP contribution < -0.4 is 5.32 Å². The topological polar surface area (TPSA) is 79.0 Å². The molecule has 7 nitrogen and oxygen atoms in total. The highest BCUT2D eigenvalue weighted by molar-refractivity contribution is 6.34. The second-order valence-electron chi connectivity index (χ2n) is 7.94. The van der Waals surface area contributed by atoms with Gasteiger partial charge in [0.05, 0.1) is 16.0 Å². The van der Waals surface area contributed by atoms with Crippen molar-refractivity contribution in [2.45, 2.75) is 32.3 Å². The Bertz CT molecular complexity index is 788. The maximum absolute atomic E-state index is 13.0. The third kappa shape index (κ3) is 4.31. The molecule has 152 valence electrons. The Morgan fingerprint density at radius 1 is 1.32 bits per heavy atom. The number of carbonyl (C=O) groups excluding carboxylic acids is 3. The van der Waals surface area contributed by atoms with E-state index in [1.54, 1.807) is 23.1 Å². The molecule has 0 radical (unpaired) electrons. The fourth-order valence-electron chi connectivity index (χ4n) is 4.03. The molecule has 3 rings (SSSR count). The maximum atomic E-state index is 13.0. The van der Waals surface area contributed by atoms with Gasteiger partial charge in [0.25, 0.3) is 5.91 Å². The monoisotopic (exact) mass is 407 g/mol. The third-order valence-corrected chi connectivity index (χ3v) is 5.75. The Balaban J connectivity index is 1.67. The summed E-state index contributed by atoms with van der Waals surface area (Å²) in [7, 11) is 3.91. The third-order valence-electron chi connectivity index (χ3n) is 5.42. The number of nitrogens with zero attached hydrogens (tertiary/aromatic N) is 2. The summed E-state index contributed by atoms with van der Waals surface area (Å²) in [4.78, 5) is 40.4. The number of likely N-dealkylation sites (N-methyl/N-ethyl adjacent to an activating group) is 1. The van der Waals surface area contributed by atoms with E-state index in [4.69, 9.17) is 16.3 Å². The number of amides is 2. The molecular formula is C20H26ClN3O4. The molecule has 0 bridgehead atoms. The average Bonchev–Trinajstić information content (AvgIpc) is 2.90. The van der Waals surface area contributed by atoms with Crippen LogP contribution in [0.3, 0.4) is 0 Å². The maximum Gasteiger partial charge on any atom is 0.312 e. The fraction of sp³-hybridized carbons (Fsp3) is 0.550. The quantitative estimate of drug-likeness (QED) is 0.775. The molecule has 8 heteroatoms. The number of esters is 1. The molecule has 0 saturated carbocycles. The van der Waals surface area contributed by atoms with Crippen molar-refractivity contribution in [1.82, 2.24) is 9.80 Å². The Hall–Kier alpha value is -2.12. The molecule has 2 amide bonds. The number of cyclic esters (lactones) is 1. The number of carbonyl (C=O) groups is 3. The lowest BCUT2D eigenvalue weighted by molar-refractivity contribution is -0.150. The summed E-state index contributed by atoms with van der Waals surface area (Å²) in [5.74, 6) is -0.548. The zero-order valence-electron chi connectivity index (χ0n) is 16.5. The Morgan fingerprint density at radius 2 is 2.00 bits per heavy atom. The molecule has 1 unspecified atom stereocenters. The van der Waals surface area contributed by atoms with Crippen molar-refractivity contribution < 1.29 is 19.1 Å². The summed E-state index contributed by atoms with van der Waals surface area (Å²) in [5, 5.41) is 3.00. The lowest BCUT2D eigenvalue weighted by Crippen LogP contribution is -2.45. The first-order valence-corrected chi connectivity index (χ1v) is 9.80. The highest BCUT2D eigenvalue weighted by Crippen LogP contribution is 2.43. The largest absolute Gasteiger partial charge is 0.461 e. The predicted molar refractivity (Wildman–Crippen MR) is 106 cm³/mol. The zero-order chi connectivity index (χ0) is 20.5. The van der Waals surface area contributed by atoms with Crippen LogP contribution in [0.15, 0.2) is 18.2 Å². The zero-order valence-corrected chi connectivity index (χ0v) is 17.2. The van der Waals surface area contributed by atoms with E-state index >= 15 is 0 Å². The Labute approximate surface area is 169 Å². The van der Waals surface area contributed by atoms with Crippen LogP contribution in [0.5, 0.6) is 0 Å². The summed E-state index contributed by atoms with van der Waals surface area (Å²) in [5.41, 5.74) is 0.391. The van der Waals surface area contributed by atoms with Crippen molar-refractivity contribution in [2.75, 3.05) is 39.0 Å². The van der Waals surface area contributed by atoms with Gasteiger partial charge in [-0.3, -0.25) is 14.4 Å². The van der Waals surface area contributed by atoms with E-state index in [1.807, 2.05) is 19.0 Å². The van der Waals surface area contributed by atoms with E-state index in [2.05, 4.69) is 5.32 Å². The minimum absolute atomic E-state index is 0.0893. The van der Waals surface area contributed by atoms with Crippen LogP contribution in [-0.2, 0) is 14.3 Å². The number of halogens is 1. The molecule has 2 aliphatic rings. The summed E-state index contributed by atoms with van der Waals surface area (Å²) in [6.45, 7) is 3.07. The molecule has 2 heterocycles. The smallest absolute Gasteiger partial charge is 0.312 e. The number of rotatable bonds is 4. The van der Waals surface area contributed by atoms with Crippen molar-refractivity contribution in [3.8, 4) is 0 Å². The average molecular weight is 408 g/mol. The summed E-state index contributed by atoms with van der Waals surface area (Å²) < 4.78 is 5.57. The molecular weight excluding hydrogens is 382 g/mol. The standard InChI is InChI=1S/C20H26ClN3O4/c1-13(25)22-14-4-5-17(21)16(10-14)18(26)24-8-6-20(7-9-24)11-15(12-23(2)3)28-19(20)27/h4-5,10,15H,6-9,11-12H2,1-3H3,(H,22,25). The molecule has 2 fully saturated rings. The SMILES string of the molecule is CC(=O)Nc1ccc(Cl)c(C(=O)N2CCC3(CC2)CC(CN(C)C)OC3=O)c1. The number of piperidine rings is 1. The molecule has 0 aromatic heterocycles. The fourth-order valence-corrected chi connectivity index (χ4v) is 4.23. The highest BCUT2D eigenvalue weighted by Gasteiger charge is 2.50. The number of ether oxygens (including phenoxy) is 1. The number of hydrogen-bond acceptors (Lipinski definition) is 5. The summed E-state index contributed by atoms with van der Waals surface area (Å²) in [6.07, 6.45) is 1.79. The molecule has 0 aliphatic carbocycles. The first-order valence-electron chi connectivity index (χ1n) is 9.42. The minimum atomic E-state index is -0.487. The highest BCUT2D eigenvalue weighted by atomic mass is 35.5. The van der Waals surface area contributed by atoms with E-state index in [-0.39, 0.29) is 23.9 Å². The van der Waals surface area contributed by atoms with Crippen LogP contribution in [0.1, 0.15) is 36.5 Å². The summed E-state index contributed by atoms with van der Waals surface area (Å²) >= 11 is 6.22. The van der Waals surface area contributed by atoms with Gasteiger partial charge in [0, 0.05) is 38.7 Å². The van der Waals surface area contributed by atoms with Gasteiger partial charge in [0.1, 0.15) is 6.10 Å². The Kier molecular flexibility index (Phi) is 5.95. The molecule has 2 aliphatic heterocycles. The van der Waals surface area contributed by atoms with Crippen LogP contribution in [0.4, 0.5) is 5.69 Å². The van der Waals surface area contributed by atoms with Crippen molar-refractivity contribution >= 4 is 35.1 Å². The van der Waals surface area contributed by atoms with Gasteiger partial charge in [0.2, 0.25) is 5.91 Å². The number of likely N-dealkylation sites (tertiary alicyclic amines) is 1. The van der Waals surface area contributed by atoms with Crippen LogP contribution in [0.2, 0.25) is 5.02 Å². The van der Waals surface area contributed by atoms with Gasteiger partial charge in [-0.15, -0.1) is 0 Å². The first-order chi connectivity index (χ1) is 13.2. The molecule has 1 N–H and O–H groups in total. The second-order valence-corrected chi connectivity index (χ2v) is 8.35. The first kappa shape index (κ1) is 20.6. The van der Waals surface area contributed by atoms with Gasteiger partial charge in [-0.25, -0.2) is 0 Å². The molecule has 1 atom stereocenters. The van der Waals surface area contributed by atoms with E-state index in [0.717, 1.165) is 0 Å². The normalized spacial score (nSPS) is 21.1. The Morgan fingerprint density at radius 3 is 2.61 bits per heavy atom. The van der Waals surface area contributed by atoms with E-state index in [1.165, 1.54) is 6.92 Å². The summed E-state index contributed by atoms with van der Waals surface area (Å²) in [6, 6.07) is 4.85. The molecule has 2 saturated heterocycles. The van der Waals surface area contributed by atoms with Crippen LogP contribution in [-0.4, -0.2) is 67.4 Å². The number of benzene rings is 1. The molecule has 1 aromatic carbocycles. The van der Waals surface area contributed by atoms with Crippen LogP contribution in [0.25, 0.3) is 0 Å². The van der Waals surface area contributed by atoms with E-state index in [0.29, 0.717) is 55.2 Å². The van der Waals surface area contributed by atoms with Gasteiger partial charge in [-0.1, -0.05) is 11.6 Å². The van der Waals surface area contributed by atoms with E-state index in [9.17, 15) is 14.4 Å². The number of hydrogen-bond donors (Lipinski definition) is 1. The number of nitrogens with one attached hydrogen (secondary N) is 1. The van der Waals surface area contributed by atoms with Crippen LogP contribution >= 0.6 is 11.6 Å². The van der Waals surface area contributed by atoms with Gasteiger partial charge in [0.15, 0.2) is 0 Å². The number of anilines is 1. The molecule has 1 spiro atoms. The molecule has 28 heavy (non-hydrogen) atoms. The van der Waals surface area contributed by atoms with Crippen molar-refractivity contribution in [2.24, 2.45) is 5.41 Å². The second kappa shape index (κ2) is 8.09. The minimum Gasteiger partial charge on any atom is -0.461 e.